The van der Waals surface area contributed by atoms with E-state index in [-0.39, 0.29) is 29.1 Å². The summed E-state index contributed by atoms with van der Waals surface area (Å²) in [5, 5.41) is 2.56. The van der Waals surface area contributed by atoms with Crippen LogP contribution in [0.3, 0.4) is 0 Å². The molecule has 166 valence electrons. The number of hydrogen-bond acceptors (Lipinski definition) is 5. The minimum atomic E-state index is -0.802. The Balaban J connectivity index is 1.40. The maximum atomic E-state index is 12.9. The van der Waals surface area contributed by atoms with E-state index in [1.165, 1.54) is 42.5 Å². The van der Waals surface area contributed by atoms with Gasteiger partial charge < -0.3 is 10.1 Å². The molecule has 0 saturated heterocycles. The number of fused-ring (bicyclic) bond motifs is 1. The van der Waals surface area contributed by atoms with Crippen molar-refractivity contribution in [2.75, 3.05) is 11.5 Å². The summed E-state index contributed by atoms with van der Waals surface area (Å²) in [6, 6.07) is 16.7. The summed E-state index contributed by atoms with van der Waals surface area (Å²) in [4.78, 5) is 51.1. The van der Waals surface area contributed by atoms with Crippen LogP contribution in [-0.2, 0) is 16.1 Å². The van der Waals surface area contributed by atoms with Crippen molar-refractivity contribution in [3.63, 3.8) is 0 Å². The number of imide groups is 1. The second-order valence-electron chi connectivity index (χ2n) is 7.47. The highest BCUT2D eigenvalue weighted by atomic mass is 19.1. The molecule has 0 unspecified atom stereocenters. The number of carbonyl (C=O) groups excluding carboxylic acids is 4. The van der Waals surface area contributed by atoms with Crippen molar-refractivity contribution in [1.29, 1.82) is 0 Å². The highest BCUT2D eigenvalue weighted by Gasteiger charge is 2.37. The lowest BCUT2D eigenvalue weighted by atomic mass is 10.1. The van der Waals surface area contributed by atoms with E-state index in [0.29, 0.717) is 11.3 Å². The third-order valence-corrected chi connectivity index (χ3v) is 5.22. The molecule has 1 aliphatic rings. The van der Waals surface area contributed by atoms with Crippen LogP contribution in [0.25, 0.3) is 0 Å². The lowest BCUT2D eigenvalue weighted by molar-refractivity contribution is -0.124. The second kappa shape index (κ2) is 9.04. The molecule has 0 saturated carbocycles. The van der Waals surface area contributed by atoms with E-state index in [9.17, 15) is 23.6 Å². The molecule has 0 atom stereocenters. The molecule has 0 aromatic heterocycles. The van der Waals surface area contributed by atoms with Gasteiger partial charge in [0.1, 0.15) is 5.82 Å². The molecule has 0 spiro atoms. The van der Waals surface area contributed by atoms with Gasteiger partial charge in [0.15, 0.2) is 6.61 Å². The van der Waals surface area contributed by atoms with Crippen molar-refractivity contribution < 1.29 is 28.3 Å². The summed E-state index contributed by atoms with van der Waals surface area (Å²) in [7, 11) is 0. The summed E-state index contributed by atoms with van der Waals surface area (Å²) in [6.45, 7) is 1.42. The lowest BCUT2D eigenvalue weighted by Gasteiger charge is -2.16. The molecular formula is C25H19FN2O5. The molecule has 33 heavy (non-hydrogen) atoms. The summed E-state index contributed by atoms with van der Waals surface area (Å²) < 4.78 is 18.0. The fourth-order valence-corrected chi connectivity index (χ4v) is 3.47. The van der Waals surface area contributed by atoms with Gasteiger partial charge in [0.05, 0.1) is 22.4 Å². The molecule has 1 heterocycles. The molecule has 0 bridgehead atoms. The third kappa shape index (κ3) is 4.50. The van der Waals surface area contributed by atoms with Gasteiger partial charge in [0.25, 0.3) is 17.7 Å². The van der Waals surface area contributed by atoms with Crippen LogP contribution in [0, 0.1) is 12.7 Å². The average molecular weight is 446 g/mol. The van der Waals surface area contributed by atoms with Gasteiger partial charge in [0.2, 0.25) is 0 Å². The zero-order chi connectivity index (χ0) is 23.5. The Morgan fingerprint density at radius 3 is 2.36 bits per heavy atom. The Bertz CT molecular complexity index is 1270. The molecule has 7 nitrogen and oxygen atoms in total. The quantitative estimate of drug-likeness (QED) is 0.463. The lowest BCUT2D eigenvalue weighted by Crippen LogP contribution is -2.30. The standard InChI is InChI=1S/C25H19FN2O5/c1-15-4-2-3-5-21(15)28-23(30)19-11-8-17(12-20(19)24(28)31)25(32)33-14-22(29)27-13-16-6-9-18(26)10-7-16/h2-12H,13-14H2,1H3,(H,27,29). The number of hydrogen-bond donors (Lipinski definition) is 1. The Labute approximate surface area is 188 Å². The number of nitrogens with zero attached hydrogens (tertiary/aromatic N) is 1. The fraction of sp³-hybridized carbons (Fsp3) is 0.120. The number of ether oxygens (including phenoxy) is 1. The monoisotopic (exact) mass is 446 g/mol. The molecular weight excluding hydrogens is 427 g/mol. The number of anilines is 1. The predicted octanol–water partition coefficient (Wildman–Crippen LogP) is 3.41. The van der Waals surface area contributed by atoms with Crippen LogP contribution in [0.15, 0.2) is 66.7 Å². The van der Waals surface area contributed by atoms with Crippen LogP contribution in [0.2, 0.25) is 0 Å². The van der Waals surface area contributed by atoms with Gasteiger partial charge >= 0.3 is 5.97 Å². The van der Waals surface area contributed by atoms with Gasteiger partial charge in [-0.1, -0.05) is 30.3 Å². The number of rotatable bonds is 6. The van der Waals surface area contributed by atoms with Gasteiger partial charge in [-0.2, -0.15) is 0 Å². The van der Waals surface area contributed by atoms with Crippen molar-refractivity contribution in [3.05, 3.63) is 100 Å². The van der Waals surface area contributed by atoms with Crippen LogP contribution >= 0.6 is 0 Å². The SMILES string of the molecule is Cc1ccccc1N1C(=O)c2ccc(C(=O)OCC(=O)NCc3ccc(F)cc3)cc2C1=O. The van der Waals surface area contributed by atoms with E-state index < -0.39 is 30.3 Å². The Hall–Kier alpha value is -4.33. The highest BCUT2D eigenvalue weighted by Crippen LogP contribution is 2.31. The number of aryl methyl sites for hydroxylation is 1. The van der Waals surface area contributed by atoms with E-state index in [1.807, 2.05) is 0 Å². The first-order chi connectivity index (χ1) is 15.8. The summed E-state index contributed by atoms with van der Waals surface area (Å²) in [5.74, 6) is -2.72. The minimum absolute atomic E-state index is 0.0490. The first kappa shape index (κ1) is 21.9. The molecule has 0 radical (unpaired) electrons. The first-order valence-corrected chi connectivity index (χ1v) is 10.1. The maximum Gasteiger partial charge on any atom is 0.338 e. The first-order valence-electron chi connectivity index (χ1n) is 10.1. The van der Waals surface area contributed by atoms with E-state index >= 15 is 0 Å². The van der Waals surface area contributed by atoms with Crippen molar-refractivity contribution in [1.82, 2.24) is 5.32 Å². The van der Waals surface area contributed by atoms with Gasteiger partial charge in [-0.3, -0.25) is 14.4 Å². The van der Waals surface area contributed by atoms with Crippen molar-refractivity contribution in [2.45, 2.75) is 13.5 Å². The molecule has 3 aromatic carbocycles. The van der Waals surface area contributed by atoms with Crippen LogP contribution < -0.4 is 10.2 Å². The van der Waals surface area contributed by atoms with Gasteiger partial charge in [-0.25, -0.2) is 14.1 Å². The molecule has 0 fully saturated rings. The van der Waals surface area contributed by atoms with Crippen LogP contribution in [0.1, 0.15) is 42.2 Å². The van der Waals surface area contributed by atoms with Gasteiger partial charge in [-0.05, 0) is 54.4 Å². The molecule has 8 heteroatoms. The largest absolute Gasteiger partial charge is 0.452 e. The number of esters is 1. The van der Waals surface area contributed by atoms with Crippen LogP contribution in [-0.4, -0.2) is 30.3 Å². The number of para-hydroxylation sites is 1. The molecule has 1 N–H and O–H groups in total. The zero-order valence-corrected chi connectivity index (χ0v) is 17.6. The smallest absolute Gasteiger partial charge is 0.338 e. The number of nitrogens with one attached hydrogen (secondary N) is 1. The van der Waals surface area contributed by atoms with E-state index in [4.69, 9.17) is 4.74 Å². The van der Waals surface area contributed by atoms with Crippen molar-refractivity contribution >= 4 is 29.4 Å². The summed E-state index contributed by atoms with van der Waals surface area (Å²) in [5.41, 5.74) is 2.27. The topological polar surface area (TPSA) is 92.8 Å². The molecule has 1 aliphatic heterocycles. The number of halogens is 1. The maximum absolute atomic E-state index is 12.9. The fourth-order valence-electron chi connectivity index (χ4n) is 3.47. The third-order valence-electron chi connectivity index (χ3n) is 5.22. The predicted molar refractivity (Wildman–Crippen MR) is 117 cm³/mol. The van der Waals surface area contributed by atoms with E-state index in [1.54, 1.807) is 31.2 Å². The summed E-state index contributed by atoms with van der Waals surface area (Å²) >= 11 is 0. The normalized spacial score (nSPS) is 12.5. The Kier molecular flexibility index (Phi) is 5.99. The zero-order valence-electron chi connectivity index (χ0n) is 17.6. The molecule has 0 aliphatic carbocycles. The number of carbonyl (C=O) groups is 4. The van der Waals surface area contributed by atoms with Gasteiger partial charge in [-0.15, -0.1) is 0 Å². The molecule has 3 amide bonds. The molecule has 3 aromatic rings. The highest BCUT2D eigenvalue weighted by molar-refractivity contribution is 6.34. The average Bonchev–Trinajstić information content (AvgIpc) is 3.07. The number of benzene rings is 3. The van der Waals surface area contributed by atoms with Gasteiger partial charge in [0, 0.05) is 6.54 Å². The van der Waals surface area contributed by atoms with Crippen molar-refractivity contribution in [3.8, 4) is 0 Å². The van der Waals surface area contributed by atoms with Crippen molar-refractivity contribution in [2.24, 2.45) is 0 Å². The Morgan fingerprint density at radius 2 is 1.64 bits per heavy atom. The second-order valence-corrected chi connectivity index (χ2v) is 7.47. The Morgan fingerprint density at radius 1 is 0.939 bits per heavy atom. The number of amides is 3. The minimum Gasteiger partial charge on any atom is -0.452 e. The van der Waals surface area contributed by atoms with E-state index in [0.717, 1.165) is 10.5 Å². The van der Waals surface area contributed by atoms with Crippen LogP contribution in [0.5, 0.6) is 0 Å². The summed E-state index contributed by atoms with van der Waals surface area (Å²) in [6.07, 6.45) is 0. The van der Waals surface area contributed by atoms with Crippen LogP contribution in [0.4, 0.5) is 10.1 Å². The molecule has 4 rings (SSSR count). The van der Waals surface area contributed by atoms with E-state index in [2.05, 4.69) is 5.32 Å².